The van der Waals surface area contributed by atoms with Crippen LogP contribution in [0.15, 0.2) is 4.47 Å². The monoisotopic (exact) mass is 343 g/mol. The molecule has 2 rings (SSSR count). The average molecular weight is 344 g/mol. The Kier molecular flexibility index (Phi) is 4.25. The normalized spacial score (nSPS) is 18.3. The van der Waals surface area contributed by atoms with E-state index in [0.29, 0.717) is 6.54 Å². The zero-order chi connectivity index (χ0) is 15.1. The Morgan fingerprint density at radius 1 is 1.55 bits per heavy atom. The Bertz CT molecular complexity index is 523. The summed E-state index contributed by atoms with van der Waals surface area (Å²) in [5.41, 5.74) is 0.943. The van der Waals surface area contributed by atoms with Crippen molar-refractivity contribution < 1.29 is 9.90 Å². The molecule has 1 aliphatic rings. The summed E-state index contributed by atoms with van der Waals surface area (Å²) in [7, 11) is 0. The van der Waals surface area contributed by atoms with Gasteiger partial charge in [-0.3, -0.25) is 14.8 Å². The van der Waals surface area contributed by atoms with Crippen LogP contribution in [0.25, 0.3) is 0 Å². The Morgan fingerprint density at radius 3 is 2.50 bits per heavy atom. The van der Waals surface area contributed by atoms with Crippen LogP contribution in [0.4, 0.5) is 0 Å². The smallest absolute Gasteiger partial charge is 0.326 e. The molecule has 2 N–H and O–H groups in total. The highest BCUT2D eigenvalue weighted by Crippen LogP contribution is 2.41. The topological polar surface area (TPSA) is 67.2 Å². The lowest BCUT2D eigenvalue weighted by atomic mass is 9.92. The van der Waals surface area contributed by atoms with Crippen LogP contribution in [0.3, 0.4) is 0 Å². The van der Waals surface area contributed by atoms with E-state index in [1.165, 1.54) is 0 Å². The van der Waals surface area contributed by atoms with Crippen LogP contribution < -0.4 is 5.32 Å². The van der Waals surface area contributed by atoms with Gasteiger partial charge in [0.15, 0.2) is 0 Å². The number of carbonyl (C=O) groups is 1. The number of hydrogen-bond acceptors (Lipinski definition) is 3. The molecule has 112 valence electrons. The fourth-order valence-electron chi connectivity index (χ4n) is 2.75. The molecule has 0 spiro atoms. The average Bonchev–Trinajstić information content (AvgIpc) is 3.15. The number of hydrogen-bond donors (Lipinski definition) is 2. The van der Waals surface area contributed by atoms with Crippen LogP contribution in [-0.2, 0) is 11.3 Å². The summed E-state index contributed by atoms with van der Waals surface area (Å²) >= 11 is 3.50. The number of carboxylic acid groups (broad SMARTS) is 1. The quantitative estimate of drug-likeness (QED) is 0.832. The first-order chi connectivity index (χ1) is 9.28. The minimum absolute atomic E-state index is 0.118. The second kappa shape index (κ2) is 5.48. The number of rotatable bonds is 6. The first-order valence-electron chi connectivity index (χ1n) is 6.98. The lowest BCUT2D eigenvalue weighted by Gasteiger charge is -2.33. The summed E-state index contributed by atoms with van der Waals surface area (Å²) in [4.78, 5) is 11.9. The van der Waals surface area contributed by atoms with Gasteiger partial charge in [0.2, 0.25) is 0 Å². The SMILES string of the molecule is Cc1nn(CC(NC(C)C)(C(=O)O)C2CC2)c(C)c1Br. The van der Waals surface area contributed by atoms with E-state index in [1.807, 2.05) is 27.7 Å². The van der Waals surface area contributed by atoms with Gasteiger partial charge in [-0.15, -0.1) is 0 Å². The summed E-state index contributed by atoms with van der Waals surface area (Å²) in [5, 5.41) is 17.5. The van der Waals surface area contributed by atoms with Gasteiger partial charge in [0, 0.05) is 11.7 Å². The zero-order valence-corrected chi connectivity index (χ0v) is 14.0. The number of nitrogens with zero attached hydrogens (tertiary/aromatic N) is 2. The molecule has 1 saturated carbocycles. The third-order valence-electron chi connectivity index (χ3n) is 3.89. The van der Waals surface area contributed by atoms with Crippen molar-refractivity contribution >= 4 is 21.9 Å². The highest BCUT2D eigenvalue weighted by molar-refractivity contribution is 9.10. The van der Waals surface area contributed by atoms with Crippen LogP contribution >= 0.6 is 15.9 Å². The van der Waals surface area contributed by atoms with Crippen molar-refractivity contribution in [2.75, 3.05) is 0 Å². The first kappa shape index (κ1) is 15.5. The Morgan fingerprint density at radius 2 is 2.15 bits per heavy atom. The van der Waals surface area contributed by atoms with Crippen molar-refractivity contribution in [1.82, 2.24) is 15.1 Å². The number of halogens is 1. The molecule has 1 fully saturated rings. The van der Waals surface area contributed by atoms with E-state index in [4.69, 9.17) is 0 Å². The Labute approximate surface area is 127 Å². The number of nitrogens with one attached hydrogen (secondary N) is 1. The van der Waals surface area contributed by atoms with Gasteiger partial charge in [-0.05, 0) is 62.4 Å². The van der Waals surface area contributed by atoms with Gasteiger partial charge >= 0.3 is 5.97 Å². The van der Waals surface area contributed by atoms with Gasteiger partial charge in [0.25, 0.3) is 0 Å². The molecule has 1 unspecified atom stereocenters. The maximum Gasteiger partial charge on any atom is 0.326 e. The van der Waals surface area contributed by atoms with E-state index >= 15 is 0 Å². The number of aryl methyl sites for hydroxylation is 1. The molecule has 6 heteroatoms. The van der Waals surface area contributed by atoms with Crippen LogP contribution in [0.5, 0.6) is 0 Å². The lowest BCUT2D eigenvalue weighted by Crippen LogP contribution is -2.59. The molecule has 0 aliphatic heterocycles. The van der Waals surface area contributed by atoms with Gasteiger partial charge in [0.05, 0.1) is 16.7 Å². The molecule has 1 aromatic rings. The summed E-state index contributed by atoms with van der Waals surface area (Å²) < 4.78 is 2.76. The summed E-state index contributed by atoms with van der Waals surface area (Å²) in [6.45, 7) is 8.21. The van der Waals surface area contributed by atoms with Crippen molar-refractivity contribution in [1.29, 1.82) is 0 Å². The fraction of sp³-hybridized carbons (Fsp3) is 0.714. The maximum atomic E-state index is 11.9. The third kappa shape index (κ3) is 2.76. The molecule has 0 bridgehead atoms. The van der Waals surface area contributed by atoms with E-state index in [0.717, 1.165) is 28.7 Å². The minimum atomic E-state index is -0.920. The molecule has 5 nitrogen and oxygen atoms in total. The van der Waals surface area contributed by atoms with Crippen molar-refractivity contribution in [2.45, 2.75) is 58.7 Å². The molecule has 1 aromatic heterocycles. The van der Waals surface area contributed by atoms with E-state index in [9.17, 15) is 9.90 Å². The first-order valence-corrected chi connectivity index (χ1v) is 7.78. The molecule has 0 saturated heterocycles. The summed E-state index contributed by atoms with van der Waals surface area (Å²) in [6.07, 6.45) is 1.93. The van der Waals surface area contributed by atoms with Crippen molar-refractivity contribution in [2.24, 2.45) is 5.92 Å². The minimum Gasteiger partial charge on any atom is -0.480 e. The van der Waals surface area contributed by atoms with Gasteiger partial charge < -0.3 is 5.11 Å². The van der Waals surface area contributed by atoms with Crippen LogP contribution in [0.2, 0.25) is 0 Å². The van der Waals surface area contributed by atoms with E-state index in [2.05, 4.69) is 26.3 Å². The summed E-state index contributed by atoms with van der Waals surface area (Å²) in [6, 6.07) is 0.118. The van der Waals surface area contributed by atoms with E-state index < -0.39 is 11.5 Å². The number of carboxylic acids is 1. The molecule has 0 radical (unpaired) electrons. The predicted molar refractivity (Wildman–Crippen MR) is 80.8 cm³/mol. The van der Waals surface area contributed by atoms with Crippen LogP contribution in [-0.4, -0.2) is 32.4 Å². The predicted octanol–water partition coefficient (Wildman–Crippen LogP) is 2.49. The molecule has 1 heterocycles. The van der Waals surface area contributed by atoms with Crippen LogP contribution in [0.1, 0.15) is 38.1 Å². The van der Waals surface area contributed by atoms with Gasteiger partial charge in [-0.25, -0.2) is 0 Å². The lowest BCUT2D eigenvalue weighted by molar-refractivity contribution is -0.147. The third-order valence-corrected chi connectivity index (χ3v) is 5.04. The molecular formula is C14H22BrN3O2. The summed E-state index contributed by atoms with van der Waals surface area (Å²) in [5.74, 6) is -0.595. The van der Waals surface area contributed by atoms with Crippen molar-refractivity contribution in [3.05, 3.63) is 15.9 Å². The van der Waals surface area contributed by atoms with E-state index in [1.54, 1.807) is 4.68 Å². The van der Waals surface area contributed by atoms with Gasteiger partial charge in [-0.2, -0.15) is 5.10 Å². The van der Waals surface area contributed by atoms with Crippen molar-refractivity contribution in [3.8, 4) is 0 Å². The van der Waals surface area contributed by atoms with E-state index in [-0.39, 0.29) is 12.0 Å². The zero-order valence-electron chi connectivity index (χ0n) is 12.4. The molecule has 1 atom stereocenters. The number of aromatic nitrogens is 2. The Hall–Kier alpha value is -0.880. The molecule has 0 amide bonds. The molecule has 0 aromatic carbocycles. The molecule has 20 heavy (non-hydrogen) atoms. The number of aliphatic carboxylic acids is 1. The Balaban J connectivity index is 2.36. The molecular weight excluding hydrogens is 322 g/mol. The van der Waals surface area contributed by atoms with Crippen molar-refractivity contribution in [3.63, 3.8) is 0 Å². The van der Waals surface area contributed by atoms with Gasteiger partial charge in [-0.1, -0.05) is 0 Å². The molecule has 1 aliphatic carbocycles. The van der Waals surface area contributed by atoms with Crippen LogP contribution in [0, 0.1) is 19.8 Å². The van der Waals surface area contributed by atoms with Gasteiger partial charge in [0.1, 0.15) is 5.54 Å². The largest absolute Gasteiger partial charge is 0.480 e. The highest BCUT2D eigenvalue weighted by atomic mass is 79.9. The maximum absolute atomic E-state index is 11.9. The second-order valence-electron chi connectivity index (χ2n) is 5.99. The highest BCUT2D eigenvalue weighted by Gasteiger charge is 2.52. The fourth-order valence-corrected chi connectivity index (χ4v) is 3.04. The second-order valence-corrected chi connectivity index (χ2v) is 6.79. The standard InChI is InChI=1S/C14H22BrN3O2/c1-8(2)16-14(13(19)20,11-5-6-11)7-18-10(4)12(15)9(3)17-18/h8,11,16H,5-7H2,1-4H3,(H,19,20).